The molecule has 0 aliphatic heterocycles. The van der Waals surface area contributed by atoms with Crippen LogP contribution < -0.4 is 0 Å². The van der Waals surface area contributed by atoms with E-state index in [-0.39, 0.29) is 25.7 Å². The summed E-state index contributed by atoms with van der Waals surface area (Å²) in [6.07, 6.45) is 69.4. The van der Waals surface area contributed by atoms with Crippen molar-refractivity contribution in [1.82, 2.24) is 0 Å². The highest BCUT2D eigenvalue weighted by Crippen LogP contribution is 2.45. The Labute approximate surface area is 645 Å². The van der Waals surface area contributed by atoms with Crippen LogP contribution >= 0.6 is 15.6 Å². The van der Waals surface area contributed by atoms with Crippen molar-refractivity contribution in [2.45, 2.75) is 477 Å². The van der Waals surface area contributed by atoms with Crippen LogP contribution in [0.3, 0.4) is 0 Å². The highest BCUT2D eigenvalue weighted by molar-refractivity contribution is 7.47. The van der Waals surface area contributed by atoms with Gasteiger partial charge in [0, 0.05) is 25.7 Å². The van der Waals surface area contributed by atoms with E-state index in [1.54, 1.807) is 0 Å². The van der Waals surface area contributed by atoms with Gasteiger partial charge in [0.15, 0.2) is 12.2 Å². The van der Waals surface area contributed by atoms with Crippen LogP contribution in [0.5, 0.6) is 0 Å². The van der Waals surface area contributed by atoms with Crippen LogP contribution in [-0.2, 0) is 65.4 Å². The van der Waals surface area contributed by atoms with Gasteiger partial charge in [-0.05, 0) is 37.5 Å². The molecule has 3 unspecified atom stereocenters. The molecule has 0 amide bonds. The summed E-state index contributed by atoms with van der Waals surface area (Å²) < 4.78 is 68.9. The number of unbranched alkanes of at least 4 members (excludes halogenated alkanes) is 54. The average Bonchev–Trinajstić information content (AvgIpc) is 0.904. The third-order valence-electron chi connectivity index (χ3n) is 20.6. The quantitative estimate of drug-likeness (QED) is 0.0222. The van der Waals surface area contributed by atoms with Gasteiger partial charge in [0.2, 0.25) is 0 Å². The van der Waals surface area contributed by atoms with Crippen LogP contribution in [0, 0.1) is 11.8 Å². The van der Waals surface area contributed by atoms with E-state index in [9.17, 15) is 43.2 Å². The lowest BCUT2D eigenvalue weighted by Crippen LogP contribution is -2.30. The molecule has 0 fully saturated rings. The van der Waals surface area contributed by atoms with E-state index in [0.717, 1.165) is 102 Å². The average molecular weight is 1540 g/mol. The number of aliphatic hydroxyl groups excluding tert-OH is 1. The molecule has 0 rings (SSSR count). The van der Waals surface area contributed by atoms with Crippen molar-refractivity contribution in [3.8, 4) is 0 Å². The van der Waals surface area contributed by atoms with Crippen LogP contribution in [-0.4, -0.2) is 96.7 Å². The molecule has 0 aromatic rings. The molecule has 624 valence electrons. The molecule has 0 radical (unpaired) electrons. The molecule has 0 saturated heterocycles. The largest absolute Gasteiger partial charge is 0.472 e. The Morgan fingerprint density at radius 3 is 0.724 bits per heavy atom. The maximum absolute atomic E-state index is 13.1. The number of phosphoric ester groups is 2. The molecular weight excluding hydrogens is 1370 g/mol. The van der Waals surface area contributed by atoms with E-state index in [0.29, 0.717) is 25.7 Å². The normalized spacial score (nSPS) is 14.1. The summed E-state index contributed by atoms with van der Waals surface area (Å²) in [5.74, 6) is -0.478. The number of carbonyl (C=O) groups excluding carboxylic acids is 4. The lowest BCUT2D eigenvalue weighted by atomic mass is 9.99. The number of carbonyl (C=O) groups is 4. The molecule has 0 spiro atoms. The smallest absolute Gasteiger partial charge is 0.462 e. The lowest BCUT2D eigenvalue weighted by Gasteiger charge is -2.21. The number of rotatable bonds is 85. The highest BCUT2D eigenvalue weighted by Gasteiger charge is 2.30. The van der Waals surface area contributed by atoms with Gasteiger partial charge in [0.25, 0.3) is 0 Å². The fraction of sp³-hybridized carbons (Fsp3) is 0.953. The van der Waals surface area contributed by atoms with Crippen LogP contribution in [0.4, 0.5) is 0 Å². The molecule has 0 saturated carbocycles. The molecule has 0 aromatic carbocycles. The van der Waals surface area contributed by atoms with E-state index in [2.05, 4.69) is 41.5 Å². The van der Waals surface area contributed by atoms with E-state index in [1.807, 2.05) is 0 Å². The molecule has 19 heteroatoms. The minimum absolute atomic E-state index is 0.107. The zero-order chi connectivity index (χ0) is 77.1. The molecule has 0 aliphatic rings. The minimum Gasteiger partial charge on any atom is -0.462 e. The Bertz CT molecular complexity index is 2010. The Hall–Kier alpha value is -1.94. The summed E-state index contributed by atoms with van der Waals surface area (Å²) in [7, 11) is -9.93. The zero-order valence-corrected chi connectivity index (χ0v) is 70.8. The van der Waals surface area contributed by atoms with Gasteiger partial charge in [-0.3, -0.25) is 37.3 Å². The Morgan fingerprint density at radius 2 is 0.486 bits per heavy atom. The number of ether oxygens (including phenoxy) is 4. The molecule has 0 aliphatic carbocycles. The first-order valence-electron chi connectivity index (χ1n) is 44.5. The summed E-state index contributed by atoms with van der Waals surface area (Å²) in [5, 5.41) is 10.7. The second-order valence-electron chi connectivity index (χ2n) is 31.6. The summed E-state index contributed by atoms with van der Waals surface area (Å²) in [4.78, 5) is 73.2. The molecule has 0 heterocycles. The van der Waals surface area contributed by atoms with Gasteiger partial charge in [0.05, 0.1) is 26.4 Å². The second kappa shape index (κ2) is 77.4. The van der Waals surface area contributed by atoms with Crippen molar-refractivity contribution in [3.63, 3.8) is 0 Å². The summed E-state index contributed by atoms with van der Waals surface area (Å²) in [5.41, 5.74) is 0. The van der Waals surface area contributed by atoms with Crippen LogP contribution in [0.2, 0.25) is 0 Å². The van der Waals surface area contributed by atoms with Gasteiger partial charge < -0.3 is 33.8 Å². The fourth-order valence-corrected chi connectivity index (χ4v) is 15.0. The molecule has 3 N–H and O–H groups in total. The van der Waals surface area contributed by atoms with E-state index in [1.165, 1.54) is 276 Å². The zero-order valence-electron chi connectivity index (χ0n) is 69.0. The predicted molar refractivity (Wildman–Crippen MR) is 432 cm³/mol. The van der Waals surface area contributed by atoms with Crippen molar-refractivity contribution in [1.29, 1.82) is 0 Å². The fourth-order valence-electron chi connectivity index (χ4n) is 13.4. The van der Waals surface area contributed by atoms with Crippen molar-refractivity contribution < 1.29 is 80.2 Å². The van der Waals surface area contributed by atoms with Crippen LogP contribution in [0.15, 0.2) is 0 Å². The van der Waals surface area contributed by atoms with Gasteiger partial charge >= 0.3 is 39.5 Å². The molecular formula is C86H168O17P2. The highest BCUT2D eigenvalue weighted by atomic mass is 31.2. The Kier molecular flexibility index (Phi) is 76.0. The number of phosphoric acid groups is 2. The molecule has 17 nitrogen and oxygen atoms in total. The third-order valence-corrected chi connectivity index (χ3v) is 22.5. The first-order valence-corrected chi connectivity index (χ1v) is 47.5. The van der Waals surface area contributed by atoms with Crippen LogP contribution in [0.1, 0.15) is 459 Å². The van der Waals surface area contributed by atoms with Gasteiger partial charge in [-0.2, -0.15) is 0 Å². The summed E-state index contributed by atoms with van der Waals surface area (Å²) in [6.45, 7) is 9.73. The second-order valence-corrected chi connectivity index (χ2v) is 34.6. The standard InChI is InChI=1S/C86H168O17P2/c1-7-10-12-14-16-18-20-22-23-24-28-31-34-38-45-51-57-63-69-84(89)97-74-81(102-85(90)70-64-58-52-46-39-35-32-29-26-25-27-30-33-36-43-49-55-61-67-79(6)9-3)76-100-104(92,93)98-72-80(87)73-99-105(94,95)101-77-82(75-96-83(88)68-62-56-50-44-37-21-19-17-15-13-11-8-2)103-86(91)71-65-59-53-47-41-40-42-48-54-60-66-78(4)5/h78-82,87H,7-77H2,1-6H3,(H,92,93)(H,94,95)/t79?,80-,81-,82-/m1/s1. The number of esters is 4. The molecule has 6 atom stereocenters. The Morgan fingerprint density at radius 1 is 0.276 bits per heavy atom. The van der Waals surface area contributed by atoms with Gasteiger partial charge in [-0.1, -0.05) is 408 Å². The van der Waals surface area contributed by atoms with Crippen molar-refractivity contribution in [3.05, 3.63) is 0 Å². The SMILES string of the molecule is CCCCCCCCCCCCCCCCCCCCC(=O)OC[C@H](COP(=O)(O)OC[C@@H](O)COP(=O)(O)OC[C@@H](COC(=O)CCCCCCCCCCCCCC)OC(=O)CCCCCCCCCCCCC(C)C)OC(=O)CCCCCCCCCCCCCCCCCCCCC(C)CC. The van der Waals surface area contributed by atoms with E-state index >= 15 is 0 Å². The monoisotopic (exact) mass is 1540 g/mol. The van der Waals surface area contributed by atoms with Gasteiger partial charge in [0.1, 0.15) is 19.3 Å². The maximum atomic E-state index is 13.1. The summed E-state index contributed by atoms with van der Waals surface area (Å²) in [6, 6.07) is 0. The predicted octanol–water partition coefficient (Wildman–Crippen LogP) is 26.2. The van der Waals surface area contributed by atoms with Crippen molar-refractivity contribution >= 4 is 39.5 Å². The van der Waals surface area contributed by atoms with E-state index in [4.69, 9.17) is 37.0 Å². The van der Waals surface area contributed by atoms with Gasteiger partial charge in [-0.25, -0.2) is 9.13 Å². The van der Waals surface area contributed by atoms with E-state index < -0.39 is 97.5 Å². The maximum Gasteiger partial charge on any atom is 0.472 e. The third kappa shape index (κ3) is 78.5. The Balaban J connectivity index is 5.23. The summed E-state index contributed by atoms with van der Waals surface area (Å²) >= 11 is 0. The first kappa shape index (κ1) is 103. The number of hydrogen-bond acceptors (Lipinski definition) is 15. The lowest BCUT2D eigenvalue weighted by molar-refractivity contribution is -0.161. The van der Waals surface area contributed by atoms with Crippen LogP contribution in [0.25, 0.3) is 0 Å². The topological polar surface area (TPSA) is 237 Å². The van der Waals surface area contributed by atoms with Crippen molar-refractivity contribution in [2.75, 3.05) is 39.6 Å². The van der Waals surface area contributed by atoms with Gasteiger partial charge in [-0.15, -0.1) is 0 Å². The number of hydrogen-bond donors (Lipinski definition) is 3. The number of aliphatic hydroxyl groups is 1. The molecule has 0 aromatic heterocycles. The first-order chi connectivity index (χ1) is 50.9. The van der Waals surface area contributed by atoms with Crippen molar-refractivity contribution in [2.24, 2.45) is 11.8 Å². The molecule has 0 bridgehead atoms. The molecule has 105 heavy (non-hydrogen) atoms. The minimum atomic E-state index is -4.97.